The molecule has 0 aromatic heterocycles. The van der Waals surface area contributed by atoms with Crippen molar-refractivity contribution in [1.29, 1.82) is 0 Å². The highest BCUT2D eigenvalue weighted by atomic mass is 16.5. The first-order chi connectivity index (χ1) is 12.7. The third kappa shape index (κ3) is 13.2. The molecule has 0 saturated heterocycles. The largest absolute Gasteiger partial charge is 0.466 e. The fraction of sp³-hybridized carbons (Fsp3) is 0.909. The smallest absolute Gasteiger partial charge is 0.306 e. The minimum atomic E-state index is -0.279. The maximum absolute atomic E-state index is 11.6. The lowest BCUT2D eigenvalue weighted by Crippen LogP contribution is -2.25. The van der Waals surface area contributed by atoms with Crippen LogP contribution in [0.4, 0.5) is 0 Å². The van der Waals surface area contributed by atoms with E-state index in [0.717, 1.165) is 32.1 Å². The van der Waals surface area contributed by atoms with Gasteiger partial charge in [-0.2, -0.15) is 0 Å². The van der Waals surface area contributed by atoms with E-state index in [1.54, 1.807) is 0 Å². The summed E-state index contributed by atoms with van der Waals surface area (Å²) in [5, 5.41) is 0. The minimum absolute atomic E-state index is 0.0968. The molecule has 0 radical (unpaired) electrons. The number of carbonyl (C=O) groups is 2. The Morgan fingerprint density at radius 1 is 0.731 bits per heavy atom. The molecule has 0 aliphatic heterocycles. The molecule has 4 nitrogen and oxygen atoms in total. The lowest BCUT2D eigenvalue weighted by atomic mass is 9.96. The fourth-order valence-electron chi connectivity index (χ4n) is 3.14. The molecule has 0 unspecified atom stereocenters. The van der Waals surface area contributed by atoms with Crippen LogP contribution < -0.4 is 0 Å². The van der Waals surface area contributed by atoms with E-state index in [2.05, 4.69) is 6.92 Å². The zero-order valence-corrected chi connectivity index (χ0v) is 16.9. The van der Waals surface area contributed by atoms with Crippen LogP contribution >= 0.6 is 0 Å². The Hall–Kier alpha value is -1.06. The number of hydrogen-bond donors (Lipinski definition) is 0. The topological polar surface area (TPSA) is 52.6 Å². The van der Waals surface area contributed by atoms with Crippen LogP contribution in [-0.2, 0) is 19.1 Å². The first kappa shape index (κ1) is 23.0. The quantitative estimate of drug-likeness (QED) is 0.230. The van der Waals surface area contributed by atoms with E-state index in [-0.39, 0.29) is 30.9 Å². The molecular weight excluding hydrogens is 328 g/mol. The summed E-state index contributed by atoms with van der Waals surface area (Å²) in [7, 11) is 0. The minimum Gasteiger partial charge on any atom is -0.466 e. The lowest BCUT2D eigenvalue weighted by molar-refractivity contribution is -0.156. The highest BCUT2D eigenvalue weighted by Crippen LogP contribution is 2.22. The number of ether oxygens (including phenoxy) is 2. The average molecular weight is 369 g/mol. The van der Waals surface area contributed by atoms with E-state index in [1.165, 1.54) is 64.2 Å². The van der Waals surface area contributed by atoms with E-state index < -0.39 is 0 Å². The summed E-state index contributed by atoms with van der Waals surface area (Å²) in [6.45, 7) is 2.74. The highest BCUT2D eigenvalue weighted by Gasteiger charge is 2.21. The Labute approximate surface area is 160 Å². The molecule has 0 spiro atoms. The first-order valence-electron chi connectivity index (χ1n) is 11.1. The van der Waals surface area contributed by atoms with Gasteiger partial charge in [0.15, 0.2) is 0 Å². The van der Waals surface area contributed by atoms with Gasteiger partial charge in [0.25, 0.3) is 0 Å². The molecule has 1 aliphatic rings. The molecule has 1 aliphatic carbocycles. The predicted molar refractivity (Wildman–Crippen MR) is 105 cm³/mol. The van der Waals surface area contributed by atoms with E-state index in [4.69, 9.17) is 9.47 Å². The molecule has 0 amide bonds. The van der Waals surface area contributed by atoms with E-state index in [9.17, 15) is 9.59 Å². The first-order valence-corrected chi connectivity index (χ1v) is 11.1. The normalized spacial score (nSPS) is 14.0. The van der Waals surface area contributed by atoms with Crippen LogP contribution in [0.5, 0.6) is 0 Å². The molecule has 0 N–H and O–H groups in total. The van der Waals surface area contributed by atoms with Gasteiger partial charge in [0.05, 0.1) is 19.4 Å². The van der Waals surface area contributed by atoms with Crippen molar-refractivity contribution in [2.45, 2.75) is 122 Å². The summed E-state index contributed by atoms with van der Waals surface area (Å²) in [5.74, 6) is -0.546. The summed E-state index contributed by atoms with van der Waals surface area (Å²) in [5.41, 5.74) is 0. The van der Waals surface area contributed by atoms with Crippen molar-refractivity contribution in [3.05, 3.63) is 0 Å². The maximum Gasteiger partial charge on any atom is 0.306 e. The molecule has 1 fully saturated rings. The SMILES string of the molecule is CCCCCCCCCCCCCCOC(=O)CCC(=O)OC1CCC1. The molecule has 152 valence electrons. The standard InChI is InChI=1S/C22H40O4/c1-2-3-4-5-6-7-8-9-10-11-12-13-19-25-21(23)17-18-22(24)26-20-15-14-16-20/h20H,2-19H2,1H3. The third-order valence-corrected chi connectivity index (χ3v) is 5.14. The molecule has 1 rings (SSSR count). The number of esters is 2. The zero-order valence-electron chi connectivity index (χ0n) is 16.9. The molecule has 0 atom stereocenters. The predicted octanol–water partition coefficient (Wildman–Crippen LogP) is 6.11. The monoisotopic (exact) mass is 368 g/mol. The molecule has 0 aromatic rings. The number of rotatable bonds is 17. The molecule has 0 bridgehead atoms. The molecular formula is C22H40O4. The number of unbranched alkanes of at least 4 members (excludes halogenated alkanes) is 11. The molecule has 26 heavy (non-hydrogen) atoms. The highest BCUT2D eigenvalue weighted by molar-refractivity contribution is 5.77. The summed E-state index contributed by atoms with van der Waals surface area (Å²) < 4.78 is 10.4. The molecule has 0 heterocycles. The van der Waals surface area contributed by atoms with Crippen LogP contribution in [0.2, 0.25) is 0 Å². The van der Waals surface area contributed by atoms with Gasteiger partial charge in [-0.3, -0.25) is 9.59 Å². The van der Waals surface area contributed by atoms with Crippen LogP contribution in [-0.4, -0.2) is 24.6 Å². The van der Waals surface area contributed by atoms with Crippen LogP contribution in [0, 0.1) is 0 Å². The van der Waals surface area contributed by atoms with Crippen LogP contribution in [0.15, 0.2) is 0 Å². The van der Waals surface area contributed by atoms with Crippen molar-refractivity contribution in [3.63, 3.8) is 0 Å². The van der Waals surface area contributed by atoms with E-state index in [1.807, 2.05) is 0 Å². The van der Waals surface area contributed by atoms with Crippen molar-refractivity contribution in [2.75, 3.05) is 6.61 Å². The summed E-state index contributed by atoms with van der Waals surface area (Å²) in [4.78, 5) is 23.1. The summed E-state index contributed by atoms with van der Waals surface area (Å²) in [6.07, 6.45) is 19.0. The van der Waals surface area contributed by atoms with E-state index >= 15 is 0 Å². The second kappa shape index (κ2) is 16.1. The van der Waals surface area contributed by atoms with Gasteiger partial charge in [-0.25, -0.2) is 0 Å². The zero-order chi connectivity index (χ0) is 18.9. The average Bonchev–Trinajstić information content (AvgIpc) is 2.60. The Kier molecular flexibility index (Phi) is 14.3. The van der Waals surface area contributed by atoms with Gasteiger partial charge in [0.1, 0.15) is 6.10 Å². The van der Waals surface area contributed by atoms with Crippen molar-refractivity contribution < 1.29 is 19.1 Å². The summed E-state index contributed by atoms with van der Waals surface area (Å²) in [6, 6.07) is 0. The Morgan fingerprint density at radius 2 is 1.23 bits per heavy atom. The van der Waals surface area contributed by atoms with Crippen LogP contribution in [0.25, 0.3) is 0 Å². The van der Waals surface area contributed by atoms with Crippen molar-refractivity contribution in [2.24, 2.45) is 0 Å². The fourth-order valence-corrected chi connectivity index (χ4v) is 3.14. The molecule has 4 heteroatoms. The maximum atomic E-state index is 11.6. The molecule has 0 aromatic carbocycles. The molecule has 1 saturated carbocycles. The second-order valence-corrected chi connectivity index (χ2v) is 7.65. The number of carbonyl (C=O) groups excluding carboxylic acids is 2. The van der Waals surface area contributed by atoms with Crippen LogP contribution in [0.1, 0.15) is 116 Å². The Morgan fingerprint density at radius 3 is 1.73 bits per heavy atom. The Balaban J connectivity index is 1.76. The van der Waals surface area contributed by atoms with Gasteiger partial charge in [-0.1, -0.05) is 77.6 Å². The van der Waals surface area contributed by atoms with Gasteiger partial charge in [0.2, 0.25) is 0 Å². The van der Waals surface area contributed by atoms with Gasteiger partial charge in [-0.05, 0) is 25.7 Å². The van der Waals surface area contributed by atoms with Crippen LogP contribution in [0.3, 0.4) is 0 Å². The lowest BCUT2D eigenvalue weighted by Gasteiger charge is -2.24. The van der Waals surface area contributed by atoms with Crippen molar-refractivity contribution in [3.8, 4) is 0 Å². The van der Waals surface area contributed by atoms with Gasteiger partial charge in [0, 0.05) is 0 Å². The van der Waals surface area contributed by atoms with Crippen molar-refractivity contribution in [1.82, 2.24) is 0 Å². The van der Waals surface area contributed by atoms with Gasteiger partial charge >= 0.3 is 11.9 Å². The van der Waals surface area contributed by atoms with E-state index in [0.29, 0.717) is 6.61 Å². The third-order valence-electron chi connectivity index (χ3n) is 5.14. The van der Waals surface area contributed by atoms with Gasteiger partial charge < -0.3 is 9.47 Å². The summed E-state index contributed by atoms with van der Waals surface area (Å²) >= 11 is 0. The Bertz CT molecular complexity index is 363. The van der Waals surface area contributed by atoms with Gasteiger partial charge in [-0.15, -0.1) is 0 Å². The second-order valence-electron chi connectivity index (χ2n) is 7.65. The van der Waals surface area contributed by atoms with Crippen molar-refractivity contribution >= 4 is 11.9 Å². The number of hydrogen-bond acceptors (Lipinski definition) is 4.